The third-order valence-electron chi connectivity index (χ3n) is 4.50. The number of hydrogen-bond acceptors (Lipinski definition) is 4. The number of rotatable bonds is 7. The maximum Gasteiger partial charge on any atom is 0.253 e. The first-order valence-corrected chi connectivity index (χ1v) is 9.47. The Morgan fingerprint density at radius 2 is 1.63 bits per heavy atom. The zero-order chi connectivity index (χ0) is 19.1. The number of halogens is 1. The molecule has 1 aliphatic rings. The SMILES string of the molecule is COCCOc1ccc(C(=O)N2CCC(Oc3ccc(Cl)cc3)CC2)cc1. The van der Waals surface area contributed by atoms with Gasteiger partial charge >= 0.3 is 0 Å². The van der Waals surface area contributed by atoms with Gasteiger partial charge in [0.1, 0.15) is 24.2 Å². The summed E-state index contributed by atoms with van der Waals surface area (Å²) in [6.45, 7) is 2.39. The number of methoxy groups -OCH3 is 1. The first-order chi connectivity index (χ1) is 13.2. The van der Waals surface area contributed by atoms with Crippen LogP contribution in [-0.2, 0) is 4.74 Å². The second kappa shape index (κ2) is 9.62. The number of likely N-dealkylation sites (tertiary alicyclic amines) is 1. The lowest BCUT2D eigenvalue weighted by molar-refractivity contribution is 0.0595. The molecule has 1 saturated heterocycles. The summed E-state index contributed by atoms with van der Waals surface area (Å²) < 4.78 is 16.5. The van der Waals surface area contributed by atoms with Gasteiger partial charge in [0.05, 0.1) is 6.61 Å². The number of ether oxygens (including phenoxy) is 3. The third-order valence-corrected chi connectivity index (χ3v) is 4.76. The van der Waals surface area contributed by atoms with Crippen molar-refractivity contribution < 1.29 is 19.0 Å². The highest BCUT2D eigenvalue weighted by Crippen LogP contribution is 2.22. The summed E-state index contributed by atoms with van der Waals surface area (Å²) >= 11 is 5.89. The first-order valence-electron chi connectivity index (χ1n) is 9.09. The normalized spacial score (nSPS) is 14.8. The summed E-state index contributed by atoms with van der Waals surface area (Å²) in [6.07, 6.45) is 1.74. The molecule has 0 aliphatic carbocycles. The van der Waals surface area contributed by atoms with Gasteiger partial charge in [0.15, 0.2) is 0 Å². The van der Waals surface area contributed by atoms with E-state index < -0.39 is 0 Å². The summed E-state index contributed by atoms with van der Waals surface area (Å²) in [5.41, 5.74) is 0.672. The highest BCUT2D eigenvalue weighted by atomic mass is 35.5. The van der Waals surface area contributed by atoms with Gasteiger partial charge in [0, 0.05) is 43.6 Å². The number of amides is 1. The molecule has 0 spiro atoms. The maximum absolute atomic E-state index is 12.7. The van der Waals surface area contributed by atoms with Crippen LogP contribution in [0.3, 0.4) is 0 Å². The fourth-order valence-electron chi connectivity index (χ4n) is 3.00. The molecular weight excluding hydrogens is 366 g/mol. The second-order valence-corrected chi connectivity index (χ2v) is 6.87. The van der Waals surface area contributed by atoms with Gasteiger partial charge in [-0.05, 0) is 48.5 Å². The van der Waals surface area contributed by atoms with Crippen LogP contribution in [0.5, 0.6) is 11.5 Å². The van der Waals surface area contributed by atoms with Crippen LogP contribution in [0.1, 0.15) is 23.2 Å². The Labute approximate surface area is 164 Å². The molecular formula is C21H24ClNO4. The number of piperidine rings is 1. The quantitative estimate of drug-likeness (QED) is 0.670. The summed E-state index contributed by atoms with van der Waals surface area (Å²) in [5.74, 6) is 1.59. The minimum absolute atomic E-state index is 0.0448. The molecule has 144 valence electrons. The van der Waals surface area contributed by atoms with Crippen molar-refractivity contribution in [3.05, 3.63) is 59.1 Å². The Balaban J connectivity index is 1.48. The van der Waals surface area contributed by atoms with Crippen LogP contribution in [0.2, 0.25) is 5.02 Å². The van der Waals surface area contributed by atoms with E-state index in [0.29, 0.717) is 36.9 Å². The van der Waals surface area contributed by atoms with E-state index in [2.05, 4.69) is 0 Å². The average molecular weight is 390 g/mol. The predicted octanol–water partition coefficient (Wildman–Crippen LogP) is 4.05. The lowest BCUT2D eigenvalue weighted by atomic mass is 10.1. The Bertz CT molecular complexity index is 725. The molecule has 2 aromatic rings. The minimum Gasteiger partial charge on any atom is -0.491 e. The smallest absolute Gasteiger partial charge is 0.253 e. The standard InChI is InChI=1S/C21H24ClNO4/c1-25-14-15-26-18-6-2-16(3-7-18)21(24)23-12-10-20(11-13-23)27-19-8-4-17(22)5-9-19/h2-9,20H,10-15H2,1H3. The van der Waals surface area contributed by atoms with Crippen molar-refractivity contribution in [2.75, 3.05) is 33.4 Å². The number of nitrogens with zero attached hydrogens (tertiary/aromatic N) is 1. The van der Waals surface area contributed by atoms with Crippen LogP contribution in [0, 0.1) is 0 Å². The van der Waals surface area contributed by atoms with Gasteiger partial charge < -0.3 is 19.1 Å². The fraction of sp³-hybridized carbons (Fsp3) is 0.381. The van der Waals surface area contributed by atoms with Crippen molar-refractivity contribution >= 4 is 17.5 Å². The van der Waals surface area contributed by atoms with Crippen LogP contribution in [0.15, 0.2) is 48.5 Å². The molecule has 1 amide bonds. The van der Waals surface area contributed by atoms with Gasteiger partial charge in [-0.1, -0.05) is 11.6 Å². The van der Waals surface area contributed by atoms with E-state index in [0.717, 1.165) is 24.3 Å². The van der Waals surface area contributed by atoms with Crippen molar-refractivity contribution in [3.8, 4) is 11.5 Å². The van der Waals surface area contributed by atoms with Crippen molar-refractivity contribution in [1.82, 2.24) is 4.90 Å². The van der Waals surface area contributed by atoms with Gasteiger partial charge in [-0.2, -0.15) is 0 Å². The molecule has 0 atom stereocenters. The number of benzene rings is 2. The largest absolute Gasteiger partial charge is 0.491 e. The van der Waals surface area contributed by atoms with Crippen molar-refractivity contribution in [2.24, 2.45) is 0 Å². The maximum atomic E-state index is 12.7. The topological polar surface area (TPSA) is 48.0 Å². The second-order valence-electron chi connectivity index (χ2n) is 6.43. The molecule has 0 bridgehead atoms. The van der Waals surface area contributed by atoms with E-state index >= 15 is 0 Å². The minimum atomic E-state index is 0.0448. The van der Waals surface area contributed by atoms with E-state index in [1.807, 2.05) is 41.3 Å². The van der Waals surface area contributed by atoms with Crippen LogP contribution >= 0.6 is 11.6 Å². The van der Waals surface area contributed by atoms with Crippen molar-refractivity contribution in [2.45, 2.75) is 18.9 Å². The van der Waals surface area contributed by atoms with E-state index in [1.165, 1.54) is 0 Å². The van der Waals surface area contributed by atoms with Gasteiger partial charge in [-0.25, -0.2) is 0 Å². The molecule has 0 aromatic heterocycles. The first kappa shape index (κ1) is 19.5. The van der Waals surface area contributed by atoms with E-state index in [9.17, 15) is 4.79 Å². The summed E-state index contributed by atoms with van der Waals surface area (Å²) in [5, 5.41) is 0.692. The summed E-state index contributed by atoms with van der Waals surface area (Å²) in [7, 11) is 1.63. The number of carbonyl (C=O) groups is 1. The molecule has 1 aliphatic heterocycles. The lowest BCUT2D eigenvalue weighted by Crippen LogP contribution is -2.41. The van der Waals surface area contributed by atoms with Gasteiger partial charge in [-0.3, -0.25) is 4.79 Å². The van der Waals surface area contributed by atoms with Crippen molar-refractivity contribution in [3.63, 3.8) is 0 Å². The molecule has 3 rings (SSSR count). The average Bonchev–Trinajstić information content (AvgIpc) is 2.70. The lowest BCUT2D eigenvalue weighted by Gasteiger charge is -2.32. The summed E-state index contributed by atoms with van der Waals surface area (Å²) in [6, 6.07) is 14.6. The molecule has 27 heavy (non-hydrogen) atoms. The van der Waals surface area contributed by atoms with Crippen LogP contribution in [0.25, 0.3) is 0 Å². The molecule has 6 heteroatoms. The molecule has 2 aromatic carbocycles. The third kappa shape index (κ3) is 5.62. The number of hydrogen-bond donors (Lipinski definition) is 0. The van der Waals surface area contributed by atoms with Gasteiger partial charge in [-0.15, -0.1) is 0 Å². The Morgan fingerprint density at radius 3 is 2.26 bits per heavy atom. The molecule has 5 nitrogen and oxygen atoms in total. The Morgan fingerprint density at radius 1 is 1.00 bits per heavy atom. The van der Waals surface area contributed by atoms with E-state index in [4.69, 9.17) is 25.8 Å². The predicted molar refractivity (Wildman–Crippen MR) is 105 cm³/mol. The molecule has 1 heterocycles. The summed E-state index contributed by atoms with van der Waals surface area (Å²) in [4.78, 5) is 14.6. The Kier molecular flexibility index (Phi) is 6.96. The fourth-order valence-corrected chi connectivity index (χ4v) is 3.13. The zero-order valence-corrected chi connectivity index (χ0v) is 16.2. The van der Waals surface area contributed by atoms with E-state index in [-0.39, 0.29) is 12.0 Å². The number of carbonyl (C=O) groups excluding carboxylic acids is 1. The molecule has 0 N–H and O–H groups in total. The molecule has 0 unspecified atom stereocenters. The van der Waals surface area contributed by atoms with E-state index in [1.54, 1.807) is 19.2 Å². The van der Waals surface area contributed by atoms with Crippen LogP contribution in [0.4, 0.5) is 0 Å². The van der Waals surface area contributed by atoms with Crippen molar-refractivity contribution in [1.29, 1.82) is 0 Å². The molecule has 1 fully saturated rings. The van der Waals surface area contributed by atoms with Crippen LogP contribution in [-0.4, -0.2) is 50.3 Å². The molecule has 0 saturated carbocycles. The molecule has 0 radical (unpaired) electrons. The monoisotopic (exact) mass is 389 g/mol. The Hall–Kier alpha value is -2.24. The van der Waals surface area contributed by atoms with Gasteiger partial charge in [0.2, 0.25) is 0 Å². The van der Waals surface area contributed by atoms with Gasteiger partial charge in [0.25, 0.3) is 5.91 Å². The highest BCUT2D eigenvalue weighted by Gasteiger charge is 2.24. The van der Waals surface area contributed by atoms with Crippen LogP contribution < -0.4 is 9.47 Å². The zero-order valence-electron chi connectivity index (χ0n) is 15.4. The highest BCUT2D eigenvalue weighted by molar-refractivity contribution is 6.30.